The van der Waals surface area contributed by atoms with Crippen molar-refractivity contribution in [3.05, 3.63) is 57.1 Å². The molecule has 1 fully saturated rings. The van der Waals surface area contributed by atoms with E-state index in [1.165, 1.54) is 22.6 Å². The first-order valence-electron chi connectivity index (χ1n) is 7.57. The summed E-state index contributed by atoms with van der Waals surface area (Å²) in [5.41, 5.74) is 0.905. The molecule has 0 aliphatic carbocycles. The molecule has 9 heteroatoms. The van der Waals surface area contributed by atoms with Crippen LogP contribution in [0.1, 0.15) is 17.3 Å². The number of hydrogen-bond acceptors (Lipinski definition) is 3. The van der Waals surface area contributed by atoms with Gasteiger partial charge in [-0.05, 0) is 56.5 Å². The van der Waals surface area contributed by atoms with Crippen LogP contribution in [-0.2, 0) is 10.0 Å². The predicted octanol–water partition coefficient (Wildman–Crippen LogP) is 3.89. The van der Waals surface area contributed by atoms with Crippen LogP contribution in [-0.4, -0.2) is 35.8 Å². The third-order valence-electron chi connectivity index (χ3n) is 4.27. The summed E-state index contributed by atoms with van der Waals surface area (Å²) >= 11 is 6.70. The van der Waals surface area contributed by atoms with Crippen LogP contribution in [0.5, 0.6) is 0 Å². The van der Waals surface area contributed by atoms with Crippen LogP contribution in [0, 0.1) is 18.7 Å². The maximum Gasteiger partial charge on any atom is 0.260 e. The molecule has 1 aromatic heterocycles. The fourth-order valence-corrected chi connectivity index (χ4v) is 5.19. The van der Waals surface area contributed by atoms with Gasteiger partial charge in [-0.25, -0.2) is 17.8 Å². The average molecular weight is 493 g/mol. The van der Waals surface area contributed by atoms with E-state index in [0.717, 1.165) is 8.96 Å². The maximum atomic E-state index is 13.2. The van der Waals surface area contributed by atoms with Crippen LogP contribution >= 0.6 is 31.9 Å². The smallest absolute Gasteiger partial charge is 0.260 e. The molecule has 3 rings (SSSR count). The van der Waals surface area contributed by atoms with Gasteiger partial charge in [0.05, 0.1) is 9.59 Å². The van der Waals surface area contributed by atoms with E-state index in [4.69, 9.17) is 0 Å². The number of aromatic nitrogens is 2. The number of hydrogen-bond donors (Lipinski definition) is 1. The second-order valence-electron chi connectivity index (χ2n) is 5.93. The number of rotatable bonds is 4. The van der Waals surface area contributed by atoms with E-state index in [9.17, 15) is 12.8 Å². The summed E-state index contributed by atoms with van der Waals surface area (Å²) in [6.07, 6.45) is 3.27. The highest BCUT2D eigenvalue weighted by atomic mass is 79.9. The normalized spacial score (nSPS) is 21.4. The number of aromatic amines is 1. The van der Waals surface area contributed by atoms with Crippen LogP contribution in [0.4, 0.5) is 4.39 Å². The monoisotopic (exact) mass is 491 g/mol. The molecule has 25 heavy (non-hydrogen) atoms. The van der Waals surface area contributed by atoms with E-state index in [1.54, 1.807) is 19.1 Å². The quantitative estimate of drug-likeness (QED) is 0.704. The van der Waals surface area contributed by atoms with Gasteiger partial charge in [0.15, 0.2) is 5.03 Å². The van der Waals surface area contributed by atoms with Crippen LogP contribution in [0.15, 0.2) is 45.0 Å². The third-order valence-corrected chi connectivity index (χ3v) is 6.54. The lowest BCUT2D eigenvalue weighted by Crippen LogP contribution is -2.29. The molecule has 0 amide bonds. The van der Waals surface area contributed by atoms with Crippen molar-refractivity contribution in [3.8, 4) is 0 Å². The van der Waals surface area contributed by atoms with Gasteiger partial charge >= 0.3 is 0 Å². The third kappa shape index (κ3) is 4.05. The Morgan fingerprint density at radius 3 is 2.56 bits per heavy atom. The zero-order valence-corrected chi connectivity index (χ0v) is 17.3. The number of nitrogens with one attached hydrogen (secondary N) is 1. The highest BCUT2D eigenvalue weighted by molar-refractivity contribution is 9.28. The Morgan fingerprint density at radius 2 is 2.00 bits per heavy atom. The first kappa shape index (κ1) is 18.8. The molecule has 2 heterocycles. The largest absolute Gasteiger partial charge is 0.332 e. The minimum atomic E-state index is -3.65. The van der Waals surface area contributed by atoms with Crippen molar-refractivity contribution in [2.75, 3.05) is 13.1 Å². The van der Waals surface area contributed by atoms with Gasteiger partial charge in [-0.1, -0.05) is 18.2 Å². The Balaban J connectivity index is 1.94. The summed E-state index contributed by atoms with van der Waals surface area (Å²) in [5, 5.41) is 0.0883. The fourth-order valence-electron chi connectivity index (χ4n) is 3.05. The molecule has 0 bridgehead atoms. The Morgan fingerprint density at radius 1 is 1.32 bits per heavy atom. The van der Waals surface area contributed by atoms with Crippen molar-refractivity contribution < 1.29 is 12.8 Å². The van der Waals surface area contributed by atoms with Crippen molar-refractivity contribution in [2.24, 2.45) is 5.92 Å². The molecule has 5 nitrogen and oxygen atoms in total. The SMILES string of the molecule is Cc1ncc(S(=O)(=O)N2CC(C=C(Br)Br)C(c3ccc(F)cc3)C2)[nH]1. The predicted molar refractivity (Wildman–Crippen MR) is 101 cm³/mol. The number of aryl methyl sites for hydroxylation is 1. The van der Waals surface area contributed by atoms with Gasteiger partial charge in [0.2, 0.25) is 0 Å². The Kier molecular flexibility index (Phi) is 5.48. The molecule has 134 valence electrons. The van der Waals surface area contributed by atoms with Crippen molar-refractivity contribution in [1.29, 1.82) is 0 Å². The molecular formula is C16H16Br2FN3O2S. The minimum absolute atomic E-state index is 0.0435. The molecule has 0 saturated carbocycles. The summed E-state index contributed by atoms with van der Waals surface area (Å²) in [5.74, 6) is 0.128. The molecule has 2 atom stereocenters. The van der Waals surface area contributed by atoms with Gasteiger partial charge in [-0.15, -0.1) is 0 Å². The highest BCUT2D eigenvalue weighted by Gasteiger charge is 2.39. The second kappa shape index (κ2) is 7.30. The molecule has 1 aliphatic heterocycles. The van der Waals surface area contributed by atoms with Crippen molar-refractivity contribution in [3.63, 3.8) is 0 Å². The molecule has 1 saturated heterocycles. The van der Waals surface area contributed by atoms with Gasteiger partial charge < -0.3 is 4.98 Å². The van der Waals surface area contributed by atoms with E-state index in [-0.39, 0.29) is 22.7 Å². The second-order valence-corrected chi connectivity index (χ2v) is 10.6. The number of H-pyrrole nitrogens is 1. The van der Waals surface area contributed by atoms with Gasteiger partial charge in [0, 0.05) is 24.9 Å². The fraction of sp³-hybridized carbons (Fsp3) is 0.312. The van der Waals surface area contributed by atoms with Gasteiger partial charge in [-0.3, -0.25) is 0 Å². The molecule has 2 aromatic rings. The standard InChI is InChI=1S/C16H16Br2FN3O2S/c1-10-20-7-16(21-10)25(23,24)22-8-12(6-15(17)18)14(9-22)11-2-4-13(19)5-3-11/h2-7,12,14H,8-9H2,1H3,(H,20,21). The summed E-state index contributed by atoms with van der Waals surface area (Å²) in [6, 6.07) is 6.21. The van der Waals surface area contributed by atoms with E-state index < -0.39 is 10.0 Å². The summed E-state index contributed by atoms with van der Waals surface area (Å²) in [7, 11) is -3.65. The Labute approximate surface area is 162 Å². The van der Waals surface area contributed by atoms with E-state index in [0.29, 0.717) is 18.9 Å². The number of imidazole rings is 1. The molecule has 0 spiro atoms. The zero-order chi connectivity index (χ0) is 18.2. The lowest BCUT2D eigenvalue weighted by atomic mass is 9.89. The van der Waals surface area contributed by atoms with Crippen LogP contribution in [0.2, 0.25) is 0 Å². The first-order valence-corrected chi connectivity index (χ1v) is 10.6. The Hall–Kier alpha value is -1.03. The molecule has 0 radical (unpaired) electrons. The lowest BCUT2D eigenvalue weighted by molar-refractivity contribution is 0.466. The number of sulfonamides is 1. The van der Waals surface area contributed by atoms with Crippen molar-refractivity contribution in [1.82, 2.24) is 14.3 Å². The highest BCUT2D eigenvalue weighted by Crippen LogP contribution is 2.38. The average Bonchev–Trinajstić information content (AvgIpc) is 3.15. The van der Waals surface area contributed by atoms with Gasteiger partial charge in [0.25, 0.3) is 10.0 Å². The van der Waals surface area contributed by atoms with Crippen molar-refractivity contribution >= 4 is 41.9 Å². The summed E-state index contributed by atoms with van der Waals surface area (Å²) in [4.78, 5) is 6.77. The Bertz CT molecular complexity index is 892. The van der Waals surface area contributed by atoms with E-state index in [1.807, 2.05) is 6.08 Å². The number of halogens is 3. The molecular weight excluding hydrogens is 477 g/mol. The molecule has 1 N–H and O–H groups in total. The van der Waals surface area contributed by atoms with E-state index >= 15 is 0 Å². The number of nitrogens with zero attached hydrogens (tertiary/aromatic N) is 2. The van der Waals surface area contributed by atoms with Crippen LogP contribution < -0.4 is 0 Å². The molecule has 2 unspecified atom stereocenters. The summed E-state index contributed by atoms with van der Waals surface area (Å²) < 4.78 is 41.1. The summed E-state index contributed by atoms with van der Waals surface area (Å²) in [6.45, 7) is 2.36. The van der Waals surface area contributed by atoms with Crippen LogP contribution in [0.25, 0.3) is 0 Å². The minimum Gasteiger partial charge on any atom is -0.332 e. The lowest BCUT2D eigenvalue weighted by Gasteiger charge is -2.16. The van der Waals surface area contributed by atoms with Gasteiger partial charge in [-0.2, -0.15) is 4.31 Å². The number of benzene rings is 1. The van der Waals surface area contributed by atoms with Crippen LogP contribution in [0.3, 0.4) is 0 Å². The zero-order valence-electron chi connectivity index (χ0n) is 13.3. The molecule has 1 aliphatic rings. The maximum absolute atomic E-state index is 13.2. The van der Waals surface area contributed by atoms with Gasteiger partial charge in [0.1, 0.15) is 11.6 Å². The van der Waals surface area contributed by atoms with Crippen molar-refractivity contribution in [2.45, 2.75) is 17.9 Å². The first-order chi connectivity index (χ1) is 11.8. The van der Waals surface area contributed by atoms with E-state index in [2.05, 4.69) is 41.8 Å². The topological polar surface area (TPSA) is 66.1 Å². The molecule has 1 aromatic carbocycles.